The van der Waals surface area contributed by atoms with Gasteiger partial charge in [-0.15, -0.1) is 10.1 Å². The van der Waals surface area contributed by atoms with Gasteiger partial charge in [0.05, 0.1) is 6.61 Å². The van der Waals surface area contributed by atoms with Crippen LogP contribution in [0.1, 0.15) is 76.8 Å². The van der Waals surface area contributed by atoms with Crippen LogP contribution in [0.2, 0.25) is 0 Å². The van der Waals surface area contributed by atoms with Crippen molar-refractivity contribution < 1.29 is 24.2 Å². The largest absolute Gasteiger partial charge is 0.487 e. The molecule has 0 radical (unpaired) electrons. The van der Waals surface area contributed by atoms with Crippen molar-refractivity contribution in [2.24, 2.45) is 5.92 Å². The van der Waals surface area contributed by atoms with Crippen LogP contribution in [0.3, 0.4) is 0 Å². The van der Waals surface area contributed by atoms with Gasteiger partial charge in [0.25, 0.3) is 5.09 Å². The second-order valence-electron chi connectivity index (χ2n) is 8.78. The van der Waals surface area contributed by atoms with E-state index in [-0.39, 0.29) is 31.0 Å². The Morgan fingerprint density at radius 1 is 1.37 bits per heavy atom. The molecule has 2 atom stereocenters. The summed E-state index contributed by atoms with van der Waals surface area (Å²) in [5.74, 6) is 1.35. The monoisotopic (exact) mass is 417 g/mol. The molecule has 1 aliphatic heterocycles. The number of hydrogen-bond donors (Lipinski definition) is 0. The molecular weight excluding hydrogens is 386 g/mol. The van der Waals surface area contributed by atoms with Crippen LogP contribution in [0.15, 0.2) is 23.8 Å². The summed E-state index contributed by atoms with van der Waals surface area (Å²) < 4.78 is 12.2. The van der Waals surface area contributed by atoms with Gasteiger partial charge in [-0.3, -0.25) is 4.79 Å². The van der Waals surface area contributed by atoms with Gasteiger partial charge in [-0.25, -0.2) is 0 Å². The molecule has 1 aromatic carbocycles. The minimum absolute atomic E-state index is 0.0515. The van der Waals surface area contributed by atoms with Gasteiger partial charge in [0.1, 0.15) is 17.1 Å². The maximum Gasteiger partial charge on any atom is 0.311 e. The molecule has 0 N–H and O–H groups in total. The summed E-state index contributed by atoms with van der Waals surface area (Å²) >= 11 is 0. The van der Waals surface area contributed by atoms with Crippen molar-refractivity contribution >= 4 is 5.97 Å². The number of hydrogen-bond acceptors (Lipinski definition) is 6. The number of fused-ring (bicyclic) bond motifs is 3. The minimum atomic E-state index is -0.854. The Morgan fingerprint density at radius 3 is 2.83 bits per heavy atom. The Labute approximate surface area is 177 Å². The molecular formula is C23H31NO6. The molecule has 0 fully saturated rings. The van der Waals surface area contributed by atoms with E-state index in [0.717, 1.165) is 42.6 Å². The van der Waals surface area contributed by atoms with Gasteiger partial charge in [0, 0.05) is 23.8 Å². The zero-order chi connectivity index (χ0) is 21.9. The van der Waals surface area contributed by atoms with Crippen LogP contribution in [0.25, 0.3) is 0 Å². The van der Waals surface area contributed by atoms with Gasteiger partial charge >= 0.3 is 5.97 Å². The maximum absolute atomic E-state index is 12.5. The highest BCUT2D eigenvalue weighted by atomic mass is 16.9. The van der Waals surface area contributed by atoms with Gasteiger partial charge < -0.3 is 14.3 Å². The maximum atomic E-state index is 12.5. The van der Waals surface area contributed by atoms with Crippen LogP contribution in [-0.4, -0.2) is 23.3 Å². The number of nitrogens with zero attached hydrogens (tertiary/aromatic N) is 1. The lowest BCUT2D eigenvalue weighted by atomic mass is 9.68. The quantitative estimate of drug-likeness (QED) is 0.145. The Hall–Kier alpha value is -2.57. The van der Waals surface area contributed by atoms with E-state index in [0.29, 0.717) is 11.7 Å². The summed E-state index contributed by atoms with van der Waals surface area (Å²) in [5.41, 5.74) is 3.04. The van der Waals surface area contributed by atoms with Gasteiger partial charge in [0.2, 0.25) is 0 Å². The van der Waals surface area contributed by atoms with Gasteiger partial charge in [0.15, 0.2) is 0 Å². The van der Waals surface area contributed by atoms with Crippen LogP contribution in [0.5, 0.6) is 11.5 Å². The zero-order valence-corrected chi connectivity index (χ0v) is 18.2. The van der Waals surface area contributed by atoms with Crippen molar-refractivity contribution in [2.75, 3.05) is 6.61 Å². The Balaban J connectivity index is 1.91. The molecule has 2 unspecified atom stereocenters. The number of esters is 1. The van der Waals surface area contributed by atoms with E-state index in [1.165, 1.54) is 5.57 Å². The molecule has 164 valence electrons. The average molecular weight is 418 g/mol. The van der Waals surface area contributed by atoms with E-state index in [1.54, 1.807) is 0 Å². The Morgan fingerprint density at radius 2 is 2.13 bits per heavy atom. The van der Waals surface area contributed by atoms with E-state index < -0.39 is 11.1 Å². The van der Waals surface area contributed by atoms with E-state index in [4.69, 9.17) is 9.47 Å². The number of allylic oxidation sites excluding steroid dienone is 2. The molecule has 0 bridgehead atoms. The summed E-state index contributed by atoms with van der Waals surface area (Å²) in [5, 5.41) is 9.40. The highest BCUT2D eigenvalue weighted by Gasteiger charge is 2.45. The van der Waals surface area contributed by atoms with Crippen molar-refractivity contribution in [3.8, 4) is 11.5 Å². The summed E-state index contributed by atoms with van der Waals surface area (Å²) in [6.07, 6.45) is 6.48. The Bertz CT molecular complexity index is 844. The summed E-state index contributed by atoms with van der Waals surface area (Å²) in [6.45, 7) is 8.39. The number of aryl methyl sites for hydroxylation is 1. The highest BCUT2D eigenvalue weighted by molar-refractivity contribution is 5.73. The van der Waals surface area contributed by atoms with Crippen molar-refractivity contribution in [1.29, 1.82) is 0 Å². The first kappa shape index (κ1) is 22.1. The lowest BCUT2D eigenvalue weighted by molar-refractivity contribution is -0.757. The van der Waals surface area contributed by atoms with Gasteiger partial charge in [-0.05, 0) is 64.2 Å². The molecule has 7 nitrogen and oxygen atoms in total. The molecule has 1 heterocycles. The van der Waals surface area contributed by atoms with Gasteiger partial charge in [-0.1, -0.05) is 25.0 Å². The number of carbonyl (C=O) groups excluding carboxylic acids is 1. The van der Waals surface area contributed by atoms with E-state index in [2.05, 4.69) is 44.7 Å². The number of ether oxygens (including phenoxy) is 2. The van der Waals surface area contributed by atoms with Crippen LogP contribution in [0.4, 0.5) is 0 Å². The third kappa shape index (κ3) is 4.94. The van der Waals surface area contributed by atoms with Crippen LogP contribution in [0, 0.1) is 16.0 Å². The molecule has 0 saturated heterocycles. The predicted molar refractivity (Wildman–Crippen MR) is 112 cm³/mol. The van der Waals surface area contributed by atoms with Crippen molar-refractivity contribution in [1.82, 2.24) is 0 Å². The summed E-state index contributed by atoms with van der Waals surface area (Å²) in [4.78, 5) is 27.0. The third-order valence-corrected chi connectivity index (χ3v) is 5.99. The first-order chi connectivity index (χ1) is 14.2. The first-order valence-corrected chi connectivity index (χ1v) is 10.7. The Kier molecular flexibility index (Phi) is 6.68. The van der Waals surface area contributed by atoms with E-state index in [9.17, 15) is 14.9 Å². The minimum Gasteiger partial charge on any atom is -0.487 e. The fourth-order valence-electron chi connectivity index (χ4n) is 4.61. The van der Waals surface area contributed by atoms with Crippen LogP contribution < -0.4 is 9.47 Å². The smallest absolute Gasteiger partial charge is 0.311 e. The molecule has 0 amide bonds. The molecule has 30 heavy (non-hydrogen) atoms. The molecule has 0 saturated carbocycles. The van der Waals surface area contributed by atoms with Gasteiger partial charge in [-0.2, -0.15) is 0 Å². The van der Waals surface area contributed by atoms with Crippen LogP contribution in [-0.2, 0) is 16.1 Å². The first-order valence-electron chi connectivity index (χ1n) is 10.7. The molecule has 2 aliphatic rings. The third-order valence-electron chi connectivity index (χ3n) is 5.99. The average Bonchev–Trinajstić information content (AvgIpc) is 2.64. The second kappa shape index (κ2) is 9.06. The number of benzene rings is 1. The van der Waals surface area contributed by atoms with Crippen molar-refractivity contribution in [3.05, 3.63) is 45.0 Å². The van der Waals surface area contributed by atoms with Crippen LogP contribution >= 0.6 is 0 Å². The SMILES string of the molecule is CCCc1cc(OC(=O)CCCO[N+](=O)[O-])c2c(c1)OC(C)(C)C1CCC(C)=CC21. The van der Waals surface area contributed by atoms with E-state index in [1.807, 2.05) is 6.07 Å². The van der Waals surface area contributed by atoms with Crippen molar-refractivity contribution in [2.45, 2.75) is 77.7 Å². The number of rotatable bonds is 8. The lowest BCUT2D eigenvalue weighted by Gasteiger charge is -2.46. The second-order valence-corrected chi connectivity index (χ2v) is 8.78. The lowest BCUT2D eigenvalue weighted by Crippen LogP contribution is -2.45. The highest BCUT2D eigenvalue weighted by Crippen LogP contribution is 2.53. The zero-order valence-electron chi connectivity index (χ0n) is 18.2. The normalized spacial score (nSPS) is 21.5. The van der Waals surface area contributed by atoms with E-state index >= 15 is 0 Å². The molecule has 7 heteroatoms. The topological polar surface area (TPSA) is 87.9 Å². The molecule has 3 rings (SSSR count). The fourth-order valence-corrected chi connectivity index (χ4v) is 4.61. The number of carbonyl (C=O) groups is 1. The summed E-state index contributed by atoms with van der Waals surface area (Å²) in [7, 11) is 0. The predicted octanol–water partition coefficient (Wildman–Crippen LogP) is 5.14. The standard InChI is InChI=1S/C23H31NO6/c1-5-7-16-13-19(29-21(25)8-6-11-28-24(26)27)22-17-12-15(2)9-10-18(17)23(3,4)30-20(22)14-16/h12-14,17-18H,5-11H2,1-4H3. The fraction of sp³-hybridized carbons (Fsp3) is 0.609. The summed E-state index contributed by atoms with van der Waals surface area (Å²) in [6, 6.07) is 4.03. The molecule has 0 aromatic heterocycles. The molecule has 1 aliphatic carbocycles. The van der Waals surface area contributed by atoms with Crippen molar-refractivity contribution in [3.63, 3.8) is 0 Å². The molecule has 1 aromatic rings. The molecule has 0 spiro atoms.